The minimum absolute atomic E-state index is 0.0381. The van der Waals surface area contributed by atoms with Crippen LogP contribution in [0, 0.1) is 5.41 Å². The van der Waals surface area contributed by atoms with Crippen molar-refractivity contribution in [3.63, 3.8) is 0 Å². The number of primary amides is 1. The number of hydrogen-bond acceptors (Lipinski definition) is 8. The first kappa shape index (κ1) is 27.5. The van der Waals surface area contributed by atoms with E-state index in [1.165, 1.54) is 0 Å². The van der Waals surface area contributed by atoms with E-state index in [4.69, 9.17) is 19.9 Å². The Balaban J connectivity index is 1.05. The molecule has 0 saturated heterocycles. The summed E-state index contributed by atoms with van der Waals surface area (Å²) in [6, 6.07) is 3.83. The average Bonchev–Trinajstić information content (AvgIpc) is 3.48. The molecule has 12 heteroatoms. The van der Waals surface area contributed by atoms with Gasteiger partial charge in [0.1, 0.15) is 24.0 Å². The highest BCUT2D eigenvalue weighted by Crippen LogP contribution is 2.57. The molecule has 0 aliphatic heterocycles. The molecular weight excluding hydrogens is 528 g/mol. The predicted molar refractivity (Wildman–Crippen MR) is 148 cm³/mol. The van der Waals surface area contributed by atoms with Gasteiger partial charge >= 0.3 is 0 Å². The lowest BCUT2D eigenvalue weighted by Gasteiger charge is -2.57. The number of fused-ring (bicyclic) bond motifs is 1. The quantitative estimate of drug-likeness (QED) is 0.302. The molecule has 220 valence electrons. The standard InChI is InChI=1S/C29H38N6O6/c1-28(2,38)16-40-23-7-6-22-20(14-31-35(22)24(23)17-4-5-17)26(37)32-18-10-29(11-18)12-19(13-29)41-27-21(25(30)36)15-34(33-27)8-9-39-3/h6-7,14-15,17-19,38H,4-5,8-13,16H2,1-3H3,(H2,30,36)(H,32,37). The van der Waals surface area contributed by atoms with Gasteiger partial charge in [0.25, 0.3) is 11.8 Å². The summed E-state index contributed by atoms with van der Waals surface area (Å²) in [5, 5.41) is 22.2. The number of carbonyl (C=O) groups excluding carboxylic acids is 2. The van der Waals surface area contributed by atoms with Crippen molar-refractivity contribution in [3.8, 4) is 11.6 Å². The maximum atomic E-state index is 13.2. The average molecular weight is 567 g/mol. The number of pyridine rings is 1. The van der Waals surface area contributed by atoms with Crippen LogP contribution in [0.5, 0.6) is 11.6 Å². The van der Waals surface area contributed by atoms with Gasteiger partial charge in [-0.15, -0.1) is 5.10 Å². The summed E-state index contributed by atoms with van der Waals surface area (Å²) >= 11 is 0. The maximum absolute atomic E-state index is 13.2. The molecule has 3 saturated carbocycles. The van der Waals surface area contributed by atoms with Crippen LogP contribution in [-0.2, 0) is 11.3 Å². The SMILES string of the molecule is COCCn1cc(C(N)=O)c(OC2CC3(CC(NC(=O)c4cnn5c(C6CC6)c(OCC(C)(C)O)ccc45)C3)C2)n1. The van der Waals surface area contributed by atoms with E-state index in [2.05, 4.69) is 15.5 Å². The van der Waals surface area contributed by atoms with Gasteiger partial charge in [-0.2, -0.15) is 5.10 Å². The van der Waals surface area contributed by atoms with Crippen molar-refractivity contribution >= 4 is 17.3 Å². The van der Waals surface area contributed by atoms with Crippen molar-refractivity contribution in [1.82, 2.24) is 24.7 Å². The van der Waals surface area contributed by atoms with Gasteiger partial charge in [-0.1, -0.05) is 0 Å². The number of aliphatic hydroxyl groups is 1. The van der Waals surface area contributed by atoms with Crippen LogP contribution < -0.4 is 20.5 Å². The fourth-order valence-electron chi connectivity index (χ4n) is 6.13. The van der Waals surface area contributed by atoms with E-state index in [1.54, 1.807) is 38.0 Å². The molecule has 6 rings (SSSR count). The molecule has 4 N–H and O–H groups in total. The molecule has 3 aromatic rings. The van der Waals surface area contributed by atoms with Crippen LogP contribution in [0.1, 0.15) is 84.7 Å². The van der Waals surface area contributed by atoms with Gasteiger partial charge in [0.2, 0.25) is 5.88 Å². The molecule has 0 aromatic carbocycles. The van der Waals surface area contributed by atoms with Crippen molar-refractivity contribution in [1.29, 1.82) is 0 Å². The predicted octanol–water partition coefficient (Wildman–Crippen LogP) is 2.42. The van der Waals surface area contributed by atoms with Crippen LogP contribution >= 0.6 is 0 Å². The molecule has 0 atom stereocenters. The summed E-state index contributed by atoms with van der Waals surface area (Å²) in [6.45, 7) is 4.56. The van der Waals surface area contributed by atoms with Crippen molar-refractivity contribution in [3.05, 3.63) is 41.3 Å². The molecule has 2 amide bonds. The first-order valence-electron chi connectivity index (χ1n) is 14.2. The molecular formula is C29H38N6O6. The van der Waals surface area contributed by atoms with E-state index in [9.17, 15) is 14.7 Å². The van der Waals surface area contributed by atoms with Gasteiger partial charge < -0.3 is 30.4 Å². The Labute approximate surface area is 238 Å². The lowest BCUT2D eigenvalue weighted by molar-refractivity contribution is -0.0849. The lowest BCUT2D eigenvalue weighted by Crippen LogP contribution is -2.58. The zero-order chi connectivity index (χ0) is 28.9. The van der Waals surface area contributed by atoms with Gasteiger partial charge in [0.05, 0.1) is 41.7 Å². The molecule has 0 unspecified atom stereocenters. The summed E-state index contributed by atoms with van der Waals surface area (Å²) in [6.07, 6.45) is 8.73. The molecule has 3 aliphatic rings. The highest BCUT2D eigenvalue weighted by molar-refractivity contribution is 6.01. The number of hydrogen-bond donors (Lipinski definition) is 3. The largest absolute Gasteiger partial charge is 0.489 e. The van der Waals surface area contributed by atoms with Gasteiger partial charge in [0, 0.05) is 25.3 Å². The van der Waals surface area contributed by atoms with E-state index >= 15 is 0 Å². The molecule has 12 nitrogen and oxygen atoms in total. The van der Waals surface area contributed by atoms with Crippen molar-refractivity contribution < 1.29 is 28.9 Å². The second kappa shape index (κ2) is 10.3. The number of methoxy groups -OCH3 is 1. The normalized spacial score (nSPS) is 23.7. The number of rotatable bonds is 12. The third-order valence-corrected chi connectivity index (χ3v) is 8.28. The number of nitrogens with zero attached hydrogens (tertiary/aromatic N) is 4. The van der Waals surface area contributed by atoms with E-state index < -0.39 is 11.5 Å². The third kappa shape index (κ3) is 5.62. The minimum Gasteiger partial charge on any atom is -0.489 e. The van der Waals surface area contributed by atoms with Crippen LogP contribution in [0.15, 0.2) is 24.5 Å². The number of carbonyl (C=O) groups is 2. The summed E-state index contributed by atoms with van der Waals surface area (Å²) in [5.74, 6) is 0.602. The Morgan fingerprint density at radius 1 is 1.20 bits per heavy atom. The summed E-state index contributed by atoms with van der Waals surface area (Å²) in [5.41, 5.74) is 7.23. The van der Waals surface area contributed by atoms with Crippen LogP contribution in [0.25, 0.3) is 5.52 Å². The molecule has 3 heterocycles. The highest BCUT2D eigenvalue weighted by Gasteiger charge is 2.54. The molecule has 0 bridgehead atoms. The van der Waals surface area contributed by atoms with Gasteiger partial charge in [0.15, 0.2) is 0 Å². The second-order valence-electron chi connectivity index (χ2n) is 12.5. The van der Waals surface area contributed by atoms with Gasteiger partial charge in [-0.3, -0.25) is 14.3 Å². The Kier molecular flexibility index (Phi) is 6.93. The minimum atomic E-state index is -0.947. The zero-order valence-electron chi connectivity index (χ0n) is 23.8. The van der Waals surface area contributed by atoms with Crippen molar-refractivity contribution in [2.75, 3.05) is 20.3 Å². The Hall–Kier alpha value is -3.64. The first-order valence-corrected chi connectivity index (χ1v) is 14.2. The zero-order valence-corrected chi connectivity index (χ0v) is 23.8. The fraction of sp³-hybridized carbons (Fsp3) is 0.586. The fourth-order valence-corrected chi connectivity index (χ4v) is 6.13. The van der Waals surface area contributed by atoms with Crippen molar-refractivity contribution in [2.45, 2.75) is 82.6 Å². The Morgan fingerprint density at radius 2 is 1.95 bits per heavy atom. The van der Waals surface area contributed by atoms with Crippen LogP contribution in [0.3, 0.4) is 0 Å². The number of ether oxygens (including phenoxy) is 3. The van der Waals surface area contributed by atoms with E-state index in [-0.39, 0.29) is 41.5 Å². The van der Waals surface area contributed by atoms with Crippen LogP contribution in [0.2, 0.25) is 0 Å². The molecule has 41 heavy (non-hydrogen) atoms. The third-order valence-electron chi connectivity index (χ3n) is 8.28. The summed E-state index contributed by atoms with van der Waals surface area (Å²) in [4.78, 5) is 25.1. The topological polar surface area (TPSA) is 155 Å². The van der Waals surface area contributed by atoms with Crippen molar-refractivity contribution in [2.24, 2.45) is 11.1 Å². The molecule has 3 aliphatic carbocycles. The Bertz CT molecular complexity index is 1450. The second-order valence-corrected chi connectivity index (χ2v) is 12.5. The smallest absolute Gasteiger partial charge is 0.255 e. The van der Waals surface area contributed by atoms with Gasteiger partial charge in [-0.25, -0.2) is 4.52 Å². The van der Waals surface area contributed by atoms with Crippen LogP contribution in [0.4, 0.5) is 0 Å². The van der Waals surface area contributed by atoms with Crippen LogP contribution in [-0.4, -0.2) is 74.4 Å². The van der Waals surface area contributed by atoms with E-state index in [1.807, 2.05) is 16.6 Å². The molecule has 3 aromatic heterocycles. The Morgan fingerprint density at radius 3 is 2.61 bits per heavy atom. The summed E-state index contributed by atoms with van der Waals surface area (Å²) in [7, 11) is 1.60. The maximum Gasteiger partial charge on any atom is 0.255 e. The number of nitrogens with two attached hydrogens (primary N) is 1. The molecule has 0 radical (unpaired) electrons. The number of aromatic nitrogens is 4. The first-order chi connectivity index (χ1) is 19.5. The lowest BCUT2D eigenvalue weighted by atomic mass is 9.53. The monoisotopic (exact) mass is 566 g/mol. The number of amides is 2. The summed E-state index contributed by atoms with van der Waals surface area (Å²) < 4.78 is 20.5. The molecule has 3 fully saturated rings. The highest BCUT2D eigenvalue weighted by atomic mass is 16.5. The van der Waals surface area contributed by atoms with E-state index in [0.29, 0.717) is 30.4 Å². The van der Waals surface area contributed by atoms with E-state index in [0.717, 1.165) is 49.7 Å². The molecule has 1 spiro atoms. The van der Waals surface area contributed by atoms with Gasteiger partial charge in [-0.05, 0) is 69.9 Å². The number of nitrogens with one attached hydrogen (secondary N) is 1.